The number of amides is 1. The Bertz CT molecular complexity index is 361. The Balaban J connectivity index is 3.15. The quantitative estimate of drug-likeness (QED) is 0.782. The van der Waals surface area contributed by atoms with E-state index in [1.54, 1.807) is 0 Å². The summed E-state index contributed by atoms with van der Waals surface area (Å²) in [6.45, 7) is 0. The van der Waals surface area contributed by atoms with Crippen molar-refractivity contribution in [3.63, 3.8) is 0 Å². The number of halogens is 3. The molecule has 0 fully saturated rings. The molecule has 0 bridgehead atoms. The molecule has 0 aliphatic carbocycles. The molecule has 14 heavy (non-hydrogen) atoms. The second-order valence-corrected chi connectivity index (χ2v) is 2.70. The van der Waals surface area contributed by atoms with Crippen molar-refractivity contribution in [2.75, 3.05) is 0 Å². The molecule has 1 aromatic heterocycles. The van der Waals surface area contributed by atoms with Crippen molar-refractivity contribution < 1.29 is 18.0 Å². The lowest BCUT2D eigenvalue weighted by molar-refractivity contribution is 0.0993. The maximum Gasteiger partial charge on any atom is 0.255 e. The standard InChI is InChI=1S/C7H8F3N3O/c1-13-6(10)5(7(11)14)3(12-13)2-4(8)9/h4H,2H2,1H3,(H2,11,14). The number of hydrogen-bond donors (Lipinski definition) is 1. The first kappa shape index (κ1) is 10.6. The Labute approximate surface area is 77.5 Å². The van der Waals surface area contributed by atoms with Gasteiger partial charge < -0.3 is 5.73 Å². The third kappa shape index (κ3) is 1.86. The topological polar surface area (TPSA) is 60.9 Å². The molecule has 0 aliphatic rings. The van der Waals surface area contributed by atoms with Crippen LogP contribution in [-0.2, 0) is 13.5 Å². The van der Waals surface area contributed by atoms with Crippen molar-refractivity contribution in [2.45, 2.75) is 12.8 Å². The van der Waals surface area contributed by atoms with Crippen LogP contribution in [0, 0.1) is 5.95 Å². The van der Waals surface area contributed by atoms with Gasteiger partial charge in [0.05, 0.1) is 12.1 Å². The van der Waals surface area contributed by atoms with E-state index in [-0.39, 0.29) is 5.69 Å². The van der Waals surface area contributed by atoms with Crippen LogP contribution < -0.4 is 5.73 Å². The fraction of sp³-hybridized carbons (Fsp3) is 0.429. The molecule has 0 aromatic carbocycles. The number of nitrogens with two attached hydrogens (primary N) is 1. The molecular formula is C7H8F3N3O. The zero-order valence-electron chi connectivity index (χ0n) is 7.30. The van der Waals surface area contributed by atoms with E-state index in [4.69, 9.17) is 5.73 Å². The zero-order valence-corrected chi connectivity index (χ0v) is 7.30. The molecule has 0 aliphatic heterocycles. The van der Waals surface area contributed by atoms with Crippen LogP contribution in [0.25, 0.3) is 0 Å². The first-order valence-electron chi connectivity index (χ1n) is 3.72. The van der Waals surface area contributed by atoms with Gasteiger partial charge in [-0.15, -0.1) is 0 Å². The fourth-order valence-corrected chi connectivity index (χ4v) is 1.09. The number of rotatable bonds is 3. The second kappa shape index (κ2) is 3.69. The van der Waals surface area contributed by atoms with Gasteiger partial charge in [0.2, 0.25) is 12.4 Å². The molecule has 0 radical (unpaired) electrons. The number of carbonyl (C=O) groups is 1. The van der Waals surface area contributed by atoms with Gasteiger partial charge >= 0.3 is 0 Å². The molecule has 0 atom stereocenters. The summed E-state index contributed by atoms with van der Waals surface area (Å²) in [5.74, 6) is -2.08. The summed E-state index contributed by atoms with van der Waals surface area (Å²) >= 11 is 0. The highest BCUT2D eigenvalue weighted by atomic mass is 19.3. The van der Waals surface area contributed by atoms with Gasteiger partial charge in [-0.25, -0.2) is 13.5 Å². The minimum Gasteiger partial charge on any atom is -0.365 e. The summed E-state index contributed by atoms with van der Waals surface area (Å²) in [5.41, 5.74) is 3.95. The summed E-state index contributed by atoms with van der Waals surface area (Å²) in [5, 5.41) is 3.43. The van der Waals surface area contributed by atoms with Crippen molar-refractivity contribution in [3.8, 4) is 0 Å². The summed E-state index contributed by atoms with van der Waals surface area (Å²) < 4.78 is 37.7. The van der Waals surface area contributed by atoms with E-state index >= 15 is 0 Å². The van der Waals surface area contributed by atoms with Crippen LogP contribution in [0.1, 0.15) is 16.1 Å². The Morgan fingerprint density at radius 2 is 2.21 bits per heavy atom. The average Bonchev–Trinajstić information content (AvgIpc) is 2.26. The zero-order chi connectivity index (χ0) is 10.9. The highest BCUT2D eigenvalue weighted by Crippen LogP contribution is 2.14. The lowest BCUT2D eigenvalue weighted by Gasteiger charge is -1.96. The Kier molecular flexibility index (Phi) is 2.78. The minimum atomic E-state index is -2.69. The molecular weight excluding hydrogens is 199 g/mol. The van der Waals surface area contributed by atoms with Gasteiger partial charge in [0.15, 0.2) is 0 Å². The predicted octanol–water partition coefficient (Wildman–Crippen LogP) is 0.466. The van der Waals surface area contributed by atoms with E-state index in [2.05, 4.69) is 5.10 Å². The van der Waals surface area contributed by atoms with Crippen LogP contribution >= 0.6 is 0 Å². The van der Waals surface area contributed by atoms with Crippen LogP contribution in [-0.4, -0.2) is 22.1 Å². The number of hydrogen-bond acceptors (Lipinski definition) is 2. The largest absolute Gasteiger partial charge is 0.365 e. The van der Waals surface area contributed by atoms with Crippen molar-refractivity contribution in [3.05, 3.63) is 17.2 Å². The van der Waals surface area contributed by atoms with Gasteiger partial charge in [0, 0.05) is 7.05 Å². The molecule has 7 heteroatoms. The van der Waals surface area contributed by atoms with E-state index in [0.717, 1.165) is 0 Å². The lowest BCUT2D eigenvalue weighted by Crippen LogP contribution is -2.15. The molecule has 78 valence electrons. The molecule has 0 unspecified atom stereocenters. The van der Waals surface area contributed by atoms with Gasteiger partial charge in [-0.3, -0.25) is 4.79 Å². The van der Waals surface area contributed by atoms with E-state index in [1.165, 1.54) is 7.05 Å². The van der Waals surface area contributed by atoms with E-state index in [1.807, 2.05) is 0 Å². The highest BCUT2D eigenvalue weighted by Gasteiger charge is 2.22. The smallest absolute Gasteiger partial charge is 0.255 e. The molecule has 4 nitrogen and oxygen atoms in total. The third-order valence-electron chi connectivity index (χ3n) is 1.64. The first-order chi connectivity index (χ1) is 6.43. The summed E-state index contributed by atoms with van der Waals surface area (Å²) in [6.07, 6.45) is -3.47. The predicted molar refractivity (Wildman–Crippen MR) is 41.4 cm³/mol. The normalized spacial score (nSPS) is 10.9. The van der Waals surface area contributed by atoms with Crippen molar-refractivity contribution in [2.24, 2.45) is 12.8 Å². The number of primary amides is 1. The lowest BCUT2D eigenvalue weighted by atomic mass is 10.2. The third-order valence-corrected chi connectivity index (χ3v) is 1.64. The van der Waals surface area contributed by atoms with E-state index < -0.39 is 30.3 Å². The van der Waals surface area contributed by atoms with Crippen LogP contribution in [0.15, 0.2) is 0 Å². The number of nitrogens with zero attached hydrogens (tertiary/aromatic N) is 2. The number of aryl methyl sites for hydroxylation is 1. The maximum atomic E-state index is 13.1. The number of carbonyl (C=O) groups excluding carboxylic acids is 1. The van der Waals surface area contributed by atoms with Crippen LogP contribution in [0.5, 0.6) is 0 Å². The number of aromatic nitrogens is 2. The van der Waals surface area contributed by atoms with Crippen molar-refractivity contribution in [1.29, 1.82) is 0 Å². The molecule has 1 amide bonds. The van der Waals surface area contributed by atoms with Gasteiger partial charge in [-0.1, -0.05) is 0 Å². The van der Waals surface area contributed by atoms with Crippen molar-refractivity contribution >= 4 is 5.91 Å². The van der Waals surface area contributed by atoms with Crippen LogP contribution in [0.4, 0.5) is 13.2 Å². The molecule has 1 aromatic rings. The molecule has 1 rings (SSSR count). The van der Waals surface area contributed by atoms with Crippen molar-refractivity contribution in [1.82, 2.24) is 9.78 Å². The first-order valence-corrected chi connectivity index (χ1v) is 3.72. The maximum absolute atomic E-state index is 13.1. The molecule has 0 spiro atoms. The molecule has 2 N–H and O–H groups in total. The number of alkyl halides is 2. The summed E-state index contributed by atoms with van der Waals surface area (Å²) in [6, 6.07) is 0. The Morgan fingerprint density at radius 3 is 2.64 bits per heavy atom. The van der Waals surface area contributed by atoms with Crippen LogP contribution in [0.2, 0.25) is 0 Å². The second-order valence-electron chi connectivity index (χ2n) is 2.70. The molecule has 0 saturated heterocycles. The Hall–Kier alpha value is -1.53. The summed E-state index contributed by atoms with van der Waals surface area (Å²) in [7, 11) is 1.21. The van der Waals surface area contributed by atoms with Gasteiger partial charge in [-0.2, -0.15) is 9.49 Å². The van der Waals surface area contributed by atoms with Gasteiger partial charge in [0.1, 0.15) is 5.56 Å². The van der Waals surface area contributed by atoms with Gasteiger partial charge in [-0.05, 0) is 0 Å². The van der Waals surface area contributed by atoms with Crippen LogP contribution in [0.3, 0.4) is 0 Å². The minimum absolute atomic E-state index is 0.312. The highest BCUT2D eigenvalue weighted by molar-refractivity contribution is 5.94. The SMILES string of the molecule is Cn1nc(CC(F)F)c(C(N)=O)c1F. The molecule has 0 saturated carbocycles. The average molecular weight is 207 g/mol. The fourth-order valence-electron chi connectivity index (χ4n) is 1.09. The van der Waals surface area contributed by atoms with Gasteiger partial charge in [0.25, 0.3) is 5.91 Å². The molecule has 1 heterocycles. The van der Waals surface area contributed by atoms with E-state index in [0.29, 0.717) is 4.68 Å². The monoisotopic (exact) mass is 207 g/mol. The van der Waals surface area contributed by atoms with E-state index in [9.17, 15) is 18.0 Å². The Morgan fingerprint density at radius 1 is 1.64 bits per heavy atom. The summed E-state index contributed by atoms with van der Waals surface area (Å²) in [4.78, 5) is 10.7.